The van der Waals surface area contributed by atoms with Crippen LogP contribution < -0.4 is 5.73 Å². The van der Waals surface area contributed by atoms with E-state index in [0.717, 1.165) is 50.4 Å². The van der Waals surface area contributed by atoms with E-state index < -0.39 is 0 Å². The van der Waals surface area contributed by atoms with Crippen LogP contribution in [0.3, 0.4) is 0 Å². The van der Waals surface area contributed by atoms with Gasteiger partial charge in [0.1, 0.15) is 0 Å². The lowest BCUT2D eigenvalue weighted by Crippen LogP contribution is -2.09. The van der Waals surface area contributed by atoms with Crippen LogP contribution in [0, 0.1) is 12.8 Å². The molecule has 2 aromatic rings. The maximum atomic E-state index is 5.63. The summed E-state index contributed by atoms with van der Waals surface area (Å²) < 4.78 is 5.36. The van der Waals surface area contributed by atoms with Crippen LogP contribution in [0.15, 0.2) is 28.8 Å². The number of aromatic nitrogens is 2. The van der Waals surface area contributed by atoms with Gasteiger partial charge in [-0.25, -0.2) is 0 Å². The second-order valence-corrected chi connectivity index (χ2v) is 5.60. The molecule has 0 spiro atoms. The topological polar surface area (TPSA) is 64.9 Å². The van der Waals surface area contributed by atoms with Gasteiger partial charge in [0, 0.05) is 12.8 Å². The first kappa shape index (κ1) is 15.7. The van der Waals surface area contributed by atoms with E-state index in [9.17, 15) is 0 Å². The molecule has 4 heteroatoms. The van der Waals surface area contributed by atoms with Crippen molar-refractivity contribution >= 4 is 0 Å². The minimum Gasteiger partial charge on any atom is -0.339 e. The molecular formula is C17H25N3O. The lowest BCUT2D eigenvalue weighted by molar-refractivity contribution is 0.351. The molecule has 1 heterocycles. The minimum atomic E-state index is 0.654. The highest BCUT2D eigenvalue weighted by Gasteiger charge is 2.11. The van der Waals surface area contributed by atoms with Crippen molar-refractivity contribution in [3.63, 3.8) is 0 Å². The summed E-state index contributed by atoms with van der Waals surface area (Å²) in [6, 6.07) is 8.31. The molecule has 1 aromatic heterocycles. The molecule has 1 unspecified atom stereocenters. The molecular weight excluding hydrogens is 262 g/mol. The zero-order chi connectivity index (χ0) is 15.1. The Morgan fingerprint density at radius 2 is 2.05 bits per heavy atom. The number of hydrogen-bond acceptors (Lipinski definition) is 4. The Morgan fingerprint density at radius 1 is 1.24 bits per heavy atom. The van der Waals surface area contributed by atoms with Crippen molar-refractivity contribution in [3.8, 4) is 0 Å². The van der Waals surface area contributed by atoms with Crippen LogP contribution in [0.1, 0.15) is 49.0 Å². The first-order valence-electron chi connectivity index (χ1n) is 7.79. The van der Waals surface area contributed by atoms with Gasteiger partial charge in [0.15, 0.2) is 5.82 Å². The van der Waals surface area contributed by atoms with Gasteiger partial charge in [0.25, 0.3) is 0 Å². The molecule has 21 heavy (non-hydrogen) atoms. The second-order valence-electron chi connectivity index (χ2n) is 5.60. The highest BCUT2D eigenvalue weighted by Crippen LogP contribution is 2.16. The fourth-order valence-electron chi connectivity index (χ4n) is 2.56. The number of aryl methyl sites for hydroxylation is 2. The molecule has 0 fully saturated rings. The summed E-state index contributed by atoms with van der Waals surface area (Å²) in [4.78, 5) is 4.50. The van der Waals surface area contributed by atoms with Gasteiger partial charge >= 0.3 is 0 Å². The lowest BCUT2D eigenvalue weighted by atomic mass is 9.97. The fraction of sp³-hybridized carbons (Fsp3) is 0.529. The highest BCUT2D eigenvalue weighted by atomic mass is 16.5. The third kappa shape index (κ3) is 4.67. The van der Waals surface area contributed by atoms with Crippen LogP contribution in [0.4, 0.5) is 0 Å². The van der Waals surface area contributed by atoms with E-state index in [2.05, 4.69) is 36.1 Å². The number of nitrogens with zero attached hydrogens (tertiary/aromatic N) is 2. The summed E-state index contributed by atoms with van der Waals surface area (Å²) >= 11 is 0. The van der Waals surface area contributed by atoms with Crippen LogP contribution in [0.25, 0.3) is 0 Å². The predicted octanol–water partition coefficient (Wildman–Crippen LogP) is 3.28. The summed E-state index contributed by atoms with van der Waals surface area (Å²) in [6.07, 6.45) is 4.87. The van der Waals surface area contributed by atoms with Gasteiger partial charge in [-0.05, 0) is 43.4 Å². The normalized spacial score (nSPS) is 12.5. The van der Waals surface area contributed by atoms with Crippen molar-refractivity contribution < 1.29 is 4.52 Å². The van der Waals surface area contributed by atoms with E-state index >= 15 is 0 Å². The summed E-state index contributed by atoms with van der Waals surface area (Å²) in [7, 11) is 0. The van der Waals surface area contributed by atoms with Gasteiger partial charge in [0.05, 0.1) is 0 Å². The monoisotopic (exact) mass is 287 g/mol. The number of benzene rings is 1. The molecule has 4 nitrogen and oxygen atoms in total. The van der Waals surface area contributed by atoms with Crippen LogP contribution >= 0.6 is 0 Å². The minimum absolute atomic E-state index is 0.654. The van der Waals surface area contributed by atoms with Gasteiger partial charge in [-0.3, -0.25) is 0 Å². The fourth-order valence-corrected chi connectivity index (χ4v) is 2.56. The third-order valence-electron chi connectivity index (χ3n) is 4.04. The second kappa shape index (κ2) is 7.93. The van der Waals surface area contributed by atoms with Crippen LogP contribution in [-0.2, 0) is 12.8 Å². The molecule has 0 amide bonds. The molecule has 0 saturated heterocycles. The Labute approximate surface area is 126 Å². The molecule has 1 atom stereocenters. The van der Waals surface area contributed by atoms with Gasteiger partial charge in [-0.15, -0.1) is 0 Å². The van der Waals surface area contributed by atoms with Crippen LogP contribution in [0.5, 0.6) is 0 Å². The summed E-state index contributed by atoms with van der Waals surface area (Å²) in [5, 5.41) is 4.09. The highest BCUT2D eigenvalue weighted by molar-refractivity contribution is 5.27. The predicted molar refractivity (Wildman–Crippen MR) is 84.1 cm³/mol. The van der Waals surface area contributed by atoms with E-state index in [0.29, 0.717) is 5.92 Å². The molecule has 1 aromatic carbocycles. The summed E-state index contributed by atoms with van der Waals surface area (Å²) in [6.45, 7) is 5.06. The number of hydrogen-bond donors (Lipinski definition) is 1. The molecule has 2 rings (SSSR count). The summed E-state index contributed by atoms with van der Waals surface area (Å²) in [5.74, 6) is 2.17. The molecule has 0 bridgehead atoms. The first-order valence-corrected chi connectivity index (χ1v) is 7.79. The largest absolute Gasteiger partial charge is 0.339 e. The quantitative estimate of drug-likeness (QED) is 0.809. The Morgan fingerprint density at radius 3 is 2.76 bits per heavy atom. The maximum absolute atomic E-state index is 5.63. The Hall–Kier alpha value is -1.68. The molecule has 0 aliphatic rings. The first-order chi connectivity index (χ1) is 10.2. The standard InChI is InChI=1S/C17H25N3O/c1-3-14(10-11-18)8-9-17-19-16(20-21-17)12-15-7-5-4-6-13(15)2/h4-7,14H,3,8-12,18H2,1-2H3. The zero-order valence-corrected chi connectivity index (χ0v) is 13.0. The van der Waals surface area contributed by atoms with Crippen molar-refractivity contribution in [1.29, 1.82) is 0 Å². The van der Waals surface area contributed by atoms with Crippen molar-refractivity contribution in [2.75, 3.05) is 6.54 Å². The SMILES string of the molecule is CCC(CCN)CCc1nc(Cc2ccccc2C)no1. The van der Waals surface area contributed by atoms with Crippen molar-refractivity contribution in [2.45, 2.75) is 46.0 Å². The van der Waals surface area contributed by atoms with Crippen molar-refractivity contribution in [2.24, 2.45) is 11.7 Å². The van der Waals surface area contributed by atoms with E-state index in [4.69, 9.17) is 10.3 Å². The van der Waals surface area contributed by atoms with E-state index in [1.807, 2.05) is 12.1 Å². The number of rotatable bonds is 8. The molecule has 2 N–H and O–H groups in total. The molecule has 0 aliphatic carbocycles. The van der Waals surface area contributed by atoms with Crippen molar-refractivity contribution in [3.05, 3.63) is 47.1 Å². The van der Waals surface area contributed by atoms with E-state index in [1.54, 1.807) is 0 Å². The molecule has 0 saturated carbocycles. The van der Waals surface area contributed by atoms with E-state index in [1.165, 1.54) is 11.1 Å². The average molecular weight is 287 g/mol. The van der Waals surface area contributed by atoms with Gasteiger partial charge in [-0.1, -0.05) is 42.8 Å². The zero-order valence-electron chi connectivity index (χ0n) is 13.0. The van der Waals surface area contributed by atoms with Gasteiger partial charge in [-0.2, -0.15) is 4.98 Å². The number of nitrogens with two attached hydrogens (primary N) is 1. The summed E-state index contributed by atoms with van der Waals surface area (Å²) in [5.41, 5.74) is 8.14. The maximum Gasteiger partial charge on any atom is 0.226 e. The average Bonchev–Trinajstić information content (AvgIpc) is 2.93. The van der Waals surface area contributed by atoms with E-state index in [-0.39, 0.29) is 0 Å². The smallest absolute Gasteiger partial charge is 0.226 e. The molecule has 114 valence electrons. The van der Waals surface area contributed by atoms with Gasteiger partial charge in [0.2, 0.25) is 5.89 Å². The van der Waals surface area contributed by atoms with Crippen LogP contribution in [0.2, 0.25) is 0 Å². The van der Waals surface area contributed by atoms with Crippen LogP contribution in [-0.4, -0.2) is 16.7 Å². The Balaban J connectivity index is 1.91. The van der Waals surface area contributed by atoms with Crippen molar-refractivity contribution in [1.82, 2.24) is 10.1 Å². The third-order valence-corrected chi connectivity index (χ3v) is 4.04. The Kier molecular flexibility index (Phi) is 5.93. The Bertz CT molecular complexity index is 550. The van der Waals surface area contributed by atoms with Gasteiger partial charge < -0.3 is 10.3 Å². The lowest BCUT2D eigenvalue weighted by Gasteiger charge is -2.11. The molecule has 0 aliphatic heterocycles. The molecule has 0 radical (unpaired) electrons.